The second-order valence-corrected chi connectivity index (χ2v) is 11.6. The number of aromatic nitrogens is 4. The zero-order chi connectivity index (χ0) is 22.9. The molecule has 2 bridgehead atoms. The highest BCUT2D eigenvalue weighted by Gasteiger charge is 2.60. The molecule has 0 amide bonds. The number of hydrogen-bond donors (Lipinski definition) is 3. The Kier molecular flexibility index (Phi) is 4.47. The van der Waals surface area contributed by atoms with Crippen LogP contribution in [0.5, 0.6) is 0 Å². The van der Waals surface area contributed by atoms with Crippen molar-refractivity contribution in [2.45, 2.75) is 68.9 Å². The summed E-state index contributed by atoms with van der Waals surface area (Å²) in [6.07, 6.45) is 6.82. The quantitative estimate of drug-likeness (QED) is 0.536. The van der Waals surface area contributed by atoms with Gasteiger partial charge in [-0.25, -0.2) is 28.1 Å². The topological polar surface area (TPSA) is 136 Å². The molecule has 0 radical (unpaired) electrons. The average molecular weight is 457 g/mol. The minimum Gasteiger partial charge on any atom is -0.390 e. The molecule has 0 aliphatic heterocycles. The molecule has 32 heavy (non-hydrogen) atoms. The van der Waals surface area contributed by atoms with E-state index < -0.39 is 21.2 Å². The Labute approximate surface area is 187 Å². The van der Waals surface area contributed by atoms with Crippen molar-refractivity contribution in [1.29, 1.82) is 0 Å². The molecule has 0 spiro atoms. The maximum Gasteiger partial charge on any atom is 0.241 e. The van der Waals surface area contributed by atoms with Crippen molar-refractivity contribution in [2.75, 3.05) is 5.73 Å². The van der Waals surface area contributed by atoms with Crippen molar-refractivity contribution in [1.82, 2.24) is 24.1 Å². The van der Waals surface area contributed by atoms with E-state index in [2.05, 4.69) is 19.7 Å². The standard InChI is InChI=1S/C22H28N6O3S/c1-14-4-5-15(10-16(14)17-11-28-18(23)24-13-25-19(28)26-17)32(30,31)27-22-8-6-21(12-22,7-9-22)20(2,3)29/h4-5,10-11,13,27,29H,6-9,12H2,1-3H3,(H2,23,24,25,26). The SMILES string of the molecule is Cc1ccc(S(=O)(=O)NC23CCC(C(C)(C)O)(CC2)C3)cc1-c1cn2c(N)ncnc2n1. The van der Waals surface area contributed by atoms with E-state index in [9.17, 15) is 13.5 Å². The summed E-state index contributed by atoms with van der Waals surface area (Å²) < 4.78 is 31.4. The molecule has 0 unspecified atom stereocenters. The largest absolute Gasteiger partial charge is 0.390 e. The normalized spacial score (nSPS) is 25.6. The van der Waals surface area contributed by atoms with Gasteiger partial charge in [-0.2, -0.15) is 0 Å². The highest BCUT2D eigenvalue weighted by atomic mass is 32.2. The van der Waals surface area contributed by atoms with Gasteiger partial charge >= 0.3 is 0 Å². The van der Waals surface area contributed by atoms with Crippen molar-refractivity contribution in [3.63, 3.8) is 0 Å². The summed E-state index contributed by atoms with van der Waals surface area (Å²) in [6.45, 7) is 5.57. The molecular formula is C22H28N6O3S. The molecule has 3 aromatic rings. The Bertz CT molecular complexity index is 1320. The summed E-state index contributed by atoms with van der Waals surface area (Å²) in [5.41, 5.74) is 6.49. The Morgan fingerprint density at radius 1 is 1.19 bits per heavy atom. The molecule has 2 heterocycles. The fourth-order valence-corrected chi connectivity index (χ4v) is 7.01. The number of nitrogens with zero attached hydrogens (tertiary/aromatic N) is 4. The molecule has 4 N–H and O–H groups in total. The van der Waals surface area contributed by atoms with Crippen molar-refractivity contribution >= 4 is 21.7 Å². The van der Waals surface area contributed by atoms with Crippen LogP contribution >= 0.6 is 0 Å². The van der Waals surface area contributed by atoms with Crippen molar-refractivity contribution in [3.8, 4) is 11.3 Å². The van der Waals surface area contributed by atoms with E-state index >= 15 is 0 Å². The number of fused-ring (bicyclic) bond motifs is 3. The molecule has 1 aromatic carbocycles. The number of nitrogen functional groups attached to an aromatic ring is 1. The lowest BCUT2D eigenvalue weighted by atomic mass is 9.71. The molecule has 0 atom stereocenters. The van der Waals surface area contributed by atoms with Crippen LogP contribution in [0.2, 0.25) is 0 Å². The number of aryl methyl sites for hydroxylation is 1. The number of sulfonamides is 1. The number of rotatable bonds is 5. The minimum atomic E-state index is -3.76. The number of nitrogens with two attached hydrogens (primary N) is 1. The van der Waals surface area contributed by atoms with Crippen LogP contribution in [-0.2, 0) is 10.0 Å². The summed E-state index contributed by atoms with van der Waals surface area (Å²) in [7, 11) is -3.76. The van der Waals surface area contributed by atoms with Gasteiger partial charge in [-0.1, -0.05) is 6.07 Å². The lowest BCUT2D eigenvalue weighted by Crippen LogP contribution is -2.45. The van der Waals surface area contributed by atoms with Crippen LogP contribution in [-0.4, -0.2) is 44.0 Å². The Morgan fingerprint density at radius 2 is 1.91 bits per heavy atom. The van der Waals surface area contributed by atoms with E-state index in [-0.39, 0.29) is 16.3 Å². The van der Waals surface area contributed by atoms with Gasteiger partial charge in [-0.15, -0.1) is 0 Å². The zero-order valence-electron chi connectivity index (χ0n) is 18.5. The van der Waals surface area contributed by atoms with E-state index in [1.54, 1.807) is 28.8 Å². The minimum absolute atomic E-state index is 0.191. The fraction of sp³-hybridized carbons (Fsp3) is 0.500. The summed E-state index contributed by atoms with van der Waals surface area (Å²) >= 11 is 0. The first-order chi connectivity index (χ1) is 14.9. The number of aliphatic hydroxyl groups is 1. The molecule has 9 nitrogen and oxygen atoms in total. The summed E-state index contributed by atoms with van der Waals surface area (Å²) in [5, 5.41) is 10.7. The molecule has 2 aliphatic carbocycles. The Hall–Kier alpha value is -2.56. The third-order valence-electron chi connectivity index (χ3n) is 7.58. The van der Waals surface area contributed by atoms with E-state index in [4.69, 9.17) is 5.73 Å². The molecular weight excluding hydrogens is 428 g/mol. The van der Waals surface area contributed by atoms with Gasteiger partial charge < -0.3 is 10.8 Å². The highest BCUT2D eigenvalue weighted by molar-refractivity contribution is 7.89. The van der Waals surface area contributed by atoms with Gasteiger partial charge in [-0.05, 0) is 70.6 Å². The summed E-state index contributed by atoms with van der Waals surface area (Å²) in [4.78, 5) is 12.8. The van der Waals surface area contributed by atoms with Gasteiger partial charge in [0, 0.05) is 22.7 Å². The maximum absolute atomic E-state index is 13.4. The summed E-state index contributed by atoms with van der Waals surface area (Å²) in [6, 6.07) is 5.05. The van der Waals surface area contributed by atoms with Crippen LogP contribution in [0.25, 0.3) is 17.0 Å². The van der Waals surface area contributed by atoms with Crippen LogP contribution in [0, 0.1) is 12.3 Å². The third kappa shape index (κ3) is 3.20. The molecule has 2 aliphatic rings. The number of imidazole rings is 1. The Morgan fingerprint density at radius 3 is 2.53 bits per heavy atom. The van der Waals surface area contributed by atoms with Gasteiger partial charge in [0.1, 0.15) is 6.33 Å². The molecule has 5 rings (SSSR count). The van der Waals surface area contributed by atoms with E-state index in [1.807, 2.05) is 20.8 Å². The first kappa shape index (κ1) is 21.3. The molecule has 2 saturated carbocycles. The second-order valence-electron chi connectivity index (χ2n) is 9.91. The van der Waals surface area contributed by atoms with Gasteiger partial charge in [0.15, 0.2) is 0 Å². The van der Waals surface area contributed by atoms with E-state index in [0.29, 0.717) is 23.5 Å². The van der Waals surface area contributed by atoms with E-state index in [0.717, 1.165) is 31.2 Å². The van der Waals surface area contributed by atoms with Gasteiger partial charge in [0.25, 0.3) is 0 Å². The van der Waals surface area contributed by atoms with Crippen molar-refractivity contribution in [2.24, 2.45) is 5.41 Å². The molecule has 10 heteroatoms. The number of anilines is 1. The zero-order valence-corrected chi connectivity index (χ0v) is 19.3. The van der Waals surface area contributed by atoms with Gasteiger partial charge in [0.05, 0.1) is 16.2 Å². The maximum atomic E-state index is 13.4. The van der Waals surface area contributed by atoms with Crippen molar-refractivity contribution in [3.05, 3.63) is 36.3 Å². The molecule has 2 fully saturated rings. The predicted octanol–water partition coefficient (Wildman–Crippen LogP) is 2.43. The van der Waals surface area contributed by atoms with Crippen LogP contribution in [0.3, 0.4) is 0 Å². The predicted molar refractivity (Wildman–Crippen MR) is 120 cm³/mol. The van der Waals surface area contributed by atoms with Gasteiger partial charge in [0.2, 0.25) is 21.7 Å². The smallest absolute Gasteiger partial charge is 0.241 e. The monoisotopic (exact) mass is 456 g/mol. The lowest BCUT2D eigenvalue weighted by Gasteiger charge is -2.38. The second kappa shape index (κ2) is 6.72. The number of benzene rings is 1. The molecule has 170 valence electrons. The summed E-state index contributed by atoms with van der Waals surface area (Å²) in [5.74, 6) is 0.658. The van der Waals surface area contributed by atoms with E-state index in [1.165, 1.54) is 6.33 Å². The third-order valence-corrected chi connectivity index (χ3v) is 9.16. The van der Waals surface area contributed by atoms with Crippen LogP contribution in [0.1, 0.15) is 51.5 Å². The lowest BCUT2D eigenvalue weighted by molar-refractivity contribution is -0.0501. The first-order valence-corrected chi connectivity index (χ1v) is 12.3. The van der Waals surface area contributed by atoms with Crippen LogP contribution < -0.4 is 10.5 Å². The number of nitrogens with one attached hydrogen (secondary N) is 1. The number of hydrogen-bond acceptors (Lipinski definition) is 7. The molecule has 0 saturated heterocycles. The highest BCUT2D eigenvalue weighted by Crippen LogP contribution is 2.61. The van der Waals surface area contributed by atoms with Gasteiger partial charge in [-0.3, -0.25) is 4.40 Å². The average Bonchev–Trinajstić information content (AvgIpc) is 3.40. The van der Waals surface area contributed by atoms with Crippen LogP contribution in [0.4, 0.5) is 5.95 Å². The molecule has 2 aromatic heterocycles. The van der Waals surface area contributed by atoms with Crippen molar-refractivity contribution < 1.29 is 13.5 Å². The Balaban J connectivity index is 1.48. The van der Waals surface area contributed by atoms with Crippen LogP contribution in [0.15, 0.2) is 35.6 Å². The fourth-order valence-electron chi connectivity index (χ4n) is 5.52. The first-order valence-electron chi connectivity index (χ1n) is 10.8.